The van der Waals surface area contributed by atoms with Crippen LogP contribution in [-0.2, 0) is 12.1 Å². The predicted octanol–water partition coefficient (Wildman–Crippen LogP) is 2.48. The van der Waals surface area contributed by atoms with Gasteiger partial charge in [-0.25, -0.2) is 0 Å². The monoisotopic (exact) mass is 274 g/mol. The van der Waals surface area contributed by atoms with E-state index in [2.05, 4.69) is 16.5 Å². The molecule has 1 atom stereocenters. The Morgan fingerprint density at radius 2 is 2.11 bits per heavy atom. The van der Waals surface area contributed by atoms with E-state index in [1.807, 2.05) is 37.3 Å². The van der Waals surface area contributed by atoms with Crippen LogP contribution in [0, 0.1) is 18.3 Å². The van der Waals surface area contributed by atoms with Gasteiger partial charge in [0, 0.05) is 6.20 Å². The van der Waals surface area contributed by atoms with Crippen LogP contribution in [0.1, 0.15) is 11.3 Å². The minimum absolute atomic E-state index is 0.400. The molecule has 98 valence electrons. The number of hydrogen-bond acceptors (Lipinski definition) is 3. The lowest BCUT2D eigenvalue weighted by atomic mass is 9.91. The molecule has 1 N–H and O–H groups in total. The first kappa shape index (κ1) is 13.6. The Labute approximate surface area is 117 Å². The summed E-state index contributed by atoms with van der Waals surface area (Å²) in [6.45, 7) is 2.24. The van der Waals surface area contributed by atoms with Gasteiger partial charge >= 0.3 is 0 Å². The standard InChI is InChI=1S/C14H15ClN4/c1-11-13(15)8-19(18-11)10-14(9-16,17-2)12-6-4-3-5-7-12/h3-8,17H,10H2,1-2H3. The largest absolute Gasteiger partial charge is 0.297 e. The van der Waals surface area contributed by atoms with Crippen LogP contribution in [0.4, 0.5) is 0 Å². The number of nitrogens with one attached hydrogen (secondary N) is 1. The Morgan fingerprint density at radius 3 is 2.58 bits per heavy atom. The molecule has 0 spiro atoms. The Bertz CT molecular complexity index is 580. The highest BCUT2D eigenvalue weighted by atomic mass is 35.5. The molecule has 0 bridgehead atoms. The molecular weight excluding hydrogens is 260 g/mol. The molecule has 1 heterocycles. The van der Waals surface area contributed by atoms with Crippen LogP contribution in [0.3, 0.4) is 0 Å². The third-order valence-corrected chi connectivity index (χ3v) is 3.54. The molecule has 0 aliphatic carbocycles. The number of nitriles is 1. The summed E-state index contributed by atoms with van der Waals surface area (Å²) in [7, 11) is 1.77. The third-order valence-electron chi connectivity index (χ3n) is 3.17. The van der Waals surface area contributed by atoms with E-state index in [1.165, 1.54) is 0 Å². The molecular formula is C14H15ClN4. The lowest BCUT2D eigenvalue weighted by Crippen LogP contribution is -2.42. The quantitative estimate of drug-likeness (QED) is 0.932. The average molecular weight is 275 g/mol. The van der Waals surface area contributed by atoms with E-state index in [0.717, 1.165) is 11.3 Å². The van der Waals surface area contributed by atoms with Crippen LogP contribution in [0.25, 0.3) is 0 Å². The van der Waals surface area contributed by atoms with Crippen molar-refractivity contribution >= 4 is 11.6 Å². The predicted molar refractivity (Wildman–Crippen MR) is 74.8 cm³/mol. The number of aryl methyl sites for hydroxylation is 1. The van der Waals surface area contributed by atoms with Crippen LogP contribution >= 0.6 is 11.6 Å². The fourth-order valence-electron chi connectivity index (χ4n) is 2.01. The van der Waals surface area contributed by atoms with Gasteiger partial charge in [-0.2, -0.15) is 10.4 Å². The topological polar surface area (TPSA) is 53.6 Å². The smallest absolute Gasteiger partial charge is 0.151 e. The first-order valence-electron chi connectivity index (χ1n) is 5.96. The van der Waals surface area contributed by atoms with Crippen molar-refractivity contribution < 1.29 is 0 Å². The van der Waals surface area contributed by atoms with E-state index in [-0.39, 0.29) is 0 Å². The average Bonchev–Trinajstić information content (AvgIpc) is 2.76. The van der Waals surface area contributed by atoms with Crippen LogP contribution in [0.2, 0.25) is 5.02 Å². The summed E-state index contributed by atoms with van der Waals surface area (Å²) < 4.78 is 1.70. The molecule has 1 aromatic heterocycles. The van der Waals surface area contributed by atoms with Crippen molar-refractivity contribution in [2.24, 2.45) is 0 Å². The maximum Gasteiger partial charge on any atom is 0.151 e. The van der Waals surface area contributed by atoms with E-state index < -0.39 is 5.54 Å². The number of hydrogen-bond donors (Lipinski definition) is 1. The highest BCUT2D eigenvalue weighted by molar-refractivity contribution is 6.31. The van der Waals surface area contributed by atoms with Gasteiger partial charge in [-0.1, -0.05) is 41.9 Å². The molecule has 2 aromatic rings. The second kappa shape index (κ2) is 5.43. The molecule has 0 saturated heterocycles. The second-order valence-corrected chi connectivity index (χ2v) is 4.80. The van der Waals surface area contributed by atoms with Gasteiger partial charge in [0.25, 0.3) is 0 Å². The first-order chi connectivity index (χ1) is 9.11. The van der Waals surface area contributed by atoms with Crippen molar-refractivity contribution in [1.29, 1.82) is 5.26 Å². The van der Waals surface area contributed by atoms with Gasteiger partial charge in [0.2, 0.25) is 0 Å². The van der Waals surface area contributed by atoms with Gasteiger partial charge in [0.15, 0.2) is 5.54 Å². The summed E-state index contributed by atoms with van der Waals surface area (Å²) in [5.74, 6) is 0. The van der Waals surface area contributed by atoms with E-state index in [4.69, 9.17) is 11.6 Å². The van der Waals surface area contributed by atoms with Gasteiger partial charge in [0.05, 0.1) is 23.3 Å². The Hall–Kier alpha value is -1.83. The molecule has 0 aliphatic heterocycles. The van der Waals surface area contributed by atoms with Gasteiger partial charge in [-0.15, -0.1) is 0 Å². The van der Waals surface area contributed by atoms with Gasteiger partial charge in [0.1, 0.15) is 0 Å². The number of aromatic nitrogens is 2. The molecule has 2 rings (SSSR count). The second-order valence-electron chi connectivity index (χ2n) is 4.39. The number of likely N-dealkylation sites (N-methyl/N-ethyl adjacent to an activating group) is 1. The summed E-state index contributed by atoms with van der Waals surface area (Å²) in [6.07, 6.45) is 1.74. The Morgan fingerprint density at radius 1 is 1.42 bits per heavy atom. The van der Waals surface area contributed by atoms with Crippen molar-refractivity contribution in [2.75, 3.05) is 7.05 Å². The molecule has 0 saturated carbocycles. The molecule has 1 aromatic carbocycles. The summed E-state index contributed by atoms with van der Waals surface area (Å²) in [5, 5.41) is 17.6. The van der Waals surface area contributed by atoms with Crippen molar-refractivity contribution in [2.45, 2.75) is 19.0 Å². The van der Waals surface area contributed by atoms with Crippen molar-refractivity contribution in [1.82, 2.24) is 15.1 Å². The maximum atomic E-state index is 9.58. The lowest BCUT2D eigenvalue weighted by Gasteiger charge is -2.26. The fraction of sp³-hybridized carbons (Fsp3) is 0.286. The molecule has 4 nitrogen and oxygen atoms in total. The summed E-state index contributed by atoms with van der Waals surface area (Å²) in [6, 6.07) is 12.0. The molecule has 1 unspecified atom stereocenters. The SMILES string of the molecule is CNC(C#N)(Cn1cc(Cl)c(C)n1)c1ccccc1. The molecule has 0 radical (unpaired) electrons. The number of halogens is 1. The fourth-order valence-corrected chi connectivity index (χ4v) is 2.16. The molecule has 0 fully saturated rings. The van der Waals surface area contributed by atoms with Crippen molar-refractivity contribution in [3.8, 4) is 6.07 Å². The van der Waals surface area contributed by atoms with Crippen LogP contribution in [-0.4, -0.2) is 16.8 Å². The van der Waals surface area contributed by atoms with E-state index >= 15 is 0 Å². The first-order valence-corrected chi connectivity index (χ1v) is 6.34. The molecule has 0 amide bonds. The zero-order chi connectivity index (χ0) is 13.9. The minimum atomic E-state index is -0.816. The molecule has 5 heteroatoms. The minimum Gasteiger partial charge on any atom is -0.297 e. The highest BCUT2D eigenvalue weighted by Gasteiger charge is 2.31. The zero-order valence-corrected chi connectivity index (χ0v) is 11.6. The van der Waals surface area contributed by atoms with E-state index in [1.54, 1.807) is 17.9 Å². The summed E-state index contributed by atoms with van der Waals surface area (Å²) in [4.78, 5) is 0. The van der Waals surface area contributed by atoms with E-state index in [9.17, 15) is 5.26 Å². The Kier molecular flexibility index (Phi) is 3.89. The normalized spacial score (nSPS) is 13.8. The number of benzene rings is 1. The number of nitrogens with zero attached hydrogens (tertiary/aromatic N) is 3. The zero-order valence-electron chi connectivity index (χ0n) is 10.9. The Balaban J connectivity index is 2.38. The summed E-state index contributed by atoms with van der Waals surface area (Å²) in [5.41, 5.74) is 0.852. The maximum absolute atomic E-state index is 9.58. The van der Waals surface area contributed by atoms with Gasteiger partial charge in [-0.3, -0.25) is 10.00 Å². The molecule has 19 heavy (non-hydrogen) atoms. The van der Waals surface area contributed by atoms with Crippen molar-refractivity contribution in [3.05, 3.63) is 52.8 Å². The third kappa shape index (κ3) is 2.62. The highest BCUT2D eigenvalue weighted by Crippen LogP contribution is 2.23. The van der Waals surface area contributed by atoms with Gasteiger partial charge in [-0.05, 0) is 19.5 Å². The number of rotatable bonds is 4. The van der Waals surface area contributed by atoms with Crippen LogP contribution in [0.15, 0.2) is 36.5 Å². The summed E-state index contributed by atoms with van der Waals surface area (Å²) >= 11 is 6.00. The van der Waals surface area contributed by atoms with E-state index in [0.29, 0.717) is 11.6 Å². The van der Waals surface area contributed by atoms with Crippen LogP contribution < -0.4 is 5.32 Å². The molecule has 0 aliphatic rings. The lowest BCUT2D eigenvalue weighted by molar-refractivity contribution is 0.376. The van der Waals surface area contributed by atoms with Crippen LogP contribution in [0.5, 0.6) is 0 Å². The van der Waals surface area contributed by atoms with Gasteiger partial charge < -0.3 is 0 Å². The van der Waals surface area contributed by atoms with Crippen molar-refractivity contribution in [3.63, 3.8) is 0 Å².